The van der Waals surface area contributed by atoms with Gasteiger partial charge in [-0.05, 0) is 55.1 Å². The van der Waals surface area contributed by atoms with Crippen LogP contribution in [0.3, 0.4) is 0 Å². The minimum Gasteiger partial charge on any atom is -0.494 e. The van der Waals surface area contributed by atoms with E-state index >= 15 is 0 Å². The standard InChI is InChI=1S/C18H21NO/c1-2-4-15(5-3-1)12-16-6-8-18(9-7-16)20-11-10-17-13-19-14-17/h1-9,17,19H,10-14H2. The first kappa shape index (κ1) is 13.2. The summed E-state index contributed by atoms with van der Waals surface area (Å²) in [6, 6.07) is 19.0. The maximum Gasteiger partial charge on any atom is 0.119 e. The Morgan fingerprint density at radius 1 is 0.900 bits per heavy atom. The fraction of sp³-hybridized carbons (Fsp3) is 0.333. The summed E-state index contributed by atoms with van der Waals surface area (Å²) in [5.41, 5.74) is 2.67. The van der Waals surface area contributed by atoms with E-state index < -0.39 is 0 Å². The van der Waals surface area contributed by atoms with Crippen molar-refractivity contribution >= 4 is 0 Å². The highest BCUT2D eigenvalue weighted by atomic mass is 16.5. The molecule has 1 saturated heterocycles. The molecule has 20 heavy (non-hydrogen) atoms. The summed E-state index contributed by atoms with van der Waals surface area (Å²) in [5.74, 6) is 1.79. The maximum absolute atomic E-state index is 5.79. The van der Waals surface area contributed by atoms with Gasteiger partial charge in [0.1, 0.15) is 5.75 Å². The topological polar surface area (TPSA) is 21.3 Å². The zero-order chi connectivity index (χ0) is 13.6. The molecule has 0 atom stereocenters. The molecule has 1 fully saturated rings. The number of hydrogen-bond donors (Lipinski definition) is 1. The zero-order valence-electron chi connectivity index (χ0n) is 11.7. The van der Waals surface area contributed by atoms with Crippen LogP contribution in [0.5, 0.6) is 5.75 Å². The normalized spacial score (nSPS) is 14.8. The molecular formula is C18H21NO. The van der Waals surface area contributed by atoms with Gasteiger partial charge >= 0.3 is 0 Å². The van der Waals surface area contributed by atoms with Gasteiger partial charge in [-0.1, -0.05) is 42.5 Å². The Morgan fingerprint density at radius 2 is 1.60 bits per heavy atom. The molecular weight excluding hydrogens is 246 g/mol. The van der Waals surface area contributed by atoms with E-state index in [4.69, 9.17) is 4.74 Å². The Labute approximate surface area is 120 Å². The average Bonchev–Trinajstić information content (AvgIpc) is 2.44. The van der Waals surface area contributed by atoms with Gasteiger partial charge in [-0.25, -0.2) is 0 Å². The highest BCUT2D eigenvalue weighted by molar-refractivity contribution is 5.31. The molecule has 2 heteroatoms. The van der Waals surface area contributed by atoms with Crippen LogP contribution in [0.2, 0.25) is 0 Å². The van der Waals surface area contributed by atoms with Gasteiger partial charge in [0.05, 0.1) is 6.61 Å². The van der Waals surface area contributed by atoms with Gasteiger partial charge in [0.15, 0.2) is 0 Å². The predicted octanol–water partition coefficient (Wildman–Crippen LogP) is 3.27. The highest BCUT2D eigenvalue weighted by Crippen LogP contribution is 2.16. The lowest BCUT2D eigenvalue weighted by atomic mass is 10.0. The minimum atomic E-state index is 0.812. The first-order valence-electron chi connectivity index (χ1n) is 7.36. The Morgan fingerprint density at radius 3 is 2.25 bits per heavy atom. The van der Waals surface area contributed by atoms with Crippen LogP contribution in [0.1, 0.15) is 17.5 Å². The summed E-state index contributed by atoms with van der Waals surface area (Å²) in [6.45, 7) is 3.13. The van der Waals surface area contributed by atoms with Crippen molar-refractivity contribution in [2.75, 3.05) is 19.7 Å². The number of hydrogen-bond acceptors (Lipinski definition) is 2. The molecule has 2 nitrogen and oxygen atoms in total. The lowest BCUT2D eigenvalue weighted by Crippen LogP contribution is -2.42. The van der Waals surface area contributed by atoms with Crippen molar-refractivity contribution in [3.05, 3.63) is 65.7 Å². The van der Waals surface area contributed by atoms with E-state index in [0.29, 0.717) is 0 Å². The lowest BCUT2D eigenvalue weighted by Gasteiger charge is -2.26. The molecule has 0 amide bonds. The number of nitrogens with one attached hydrogen (secondary N) is 1. The van der Waals surface area contributed by atoms with E-state index in [0.717, 1.165) is 44.2 Å². The predicted molar refractivity (Wildman–Crippen MR) is 82.2 cm³/mol. The van der Waals surface area contributed by atoms with Crippen molar-refractivity contribution in [1.29, 1.82) is 0 Å². The Bertz CT molecular complexity index is 517. The summed E-state index contributed by atoms with van der Waals surface area (Å²) < 4.78 is 5.79. The molecule has 1 N–H and O–H groups in total. The van der Waals surface area contributed by atoms with Crippen LogP contribution >= 0.6 is 0 Å². The summed E-state index contributed by atoms with van der Waals surface area (Å²) in [4.78, 5) is 0. The SMILES string of the molecule is c1ccc(Cc2ccc(OCCC3CNC3)cc2)cc1. The number of ether oxygens (including phenoxy) is 1. The largest absolute Gasteiger partial charge is 0.494 e. The molecule has 0 aromatic heterocycles. The second kappa shape index (κ2) is 6.58. The van der Waals surface area contributed by atoms with Crippen LogP contribution in [0.15, 0.2) is 54.6 Å². The molecule has 2 aromatic rings. The summed E-state index contributed by atoms with van der Waals surface area (Å²) >= 11 is 0. The summed E-state index contributed by atoms with van der Waals surface area (Å²) in [6.07, 6.45) is 2.13. The van der Waals surface area contributed by atoms with E-state index in [1.54, 1.807) is 0 Å². The van der Waals surface area contributed by atoms with E-state index in [-0.39, 0.29) is 0 Å². The van der Waals surface area contributed by atoms with Crippen molar-refractivity contribution in [3.8, 4) is 5.75 Å². The van der Waals surface area contributed by atoms with E-state index in [1.807, 2.05) is 0 Å². The Hall–Kier alpha value is -1.80. The Balaban J connectivity index is 1.49. The fourth-order valence-corrected chi connectivity index (χ4v) is 2.43. The van der Waals surface area contributed by atoms with Crippen LogP contribution in [-0.2, 0) is 6.42 Å². The van der Waals surface area contributed by atoms with E-state index in [2.05, 4.69) is 59.9 Å². The lowest BCUT2D eigenvalue weighted by molar-refractivity contribution is 0.238. The van der Waals surface area contributed by atoms with Crippen LogP contribution < -0.4 is 10.1 Å². The first-order valence-corrected chi connectivity index (χ1v) is 7.36. The van der Waals surface area contributed by atoms with Gasteiger partial charge in [-0.3, -0.25) is 0 Å². The monoisotopic (exact) mass is 267 g/mol. The van der Waals surface area contributed by atoms with Gasteiger partial charge < -0.3 is 10.1 Å². The van der Waals surface area contributed by atoms with Gasteiger partial charge in [0.2, 0.25) is 0 Å². The van der Waals surface area contributed by atoms with E-state index in [9.17, 15) is 0 Å². The van der Waals surface area contributed by atoms with Crippen molar-refractivity contribution in [1.82, 2.24) is 5.32 Å². The van der Waals surface area contributed by atoms with Crippen molar-refractivity contribution in [2.45, 2.75) is 12.8 Å². The molecule has 0 radical (unpaired) electrons. The van der Waals surface area contributed by atoms with Crippen LogP contribution in [-0.4, -0.2) is 19.7 Å². The van der Waals surface area contributed by atoms with Crippen LogP contribution in [0, 0.1) is 5.92 Å². The molecule has 1 aliphatic rings. The smallest absolute Gasteiger partial charge is 0.119 e. The fourth-order valence-electron chi connectivity index (χ4n) is 2.43. The average molecular weight is 267 g/mol. The van der Waals surface area contributed by atoms with Crippen molar-refractivity contribution in [3.63, 3.8) is 0 Å². The third-order valence-electron chi connectivity index (χ3n) is 3.84. The molecule has 3 rings (SSSR count). The van der Waals surface area contributed by atoms with Gasteiger partial charge in [-0.2, -0.15) is 0 Å². The summed E-state index contributed by atoms with van der Waals surface area (Å²) in [7, 11) is 0. The third kappa shape index (κ3) is 3.61. The van der Waals surface area contributed by atoms with Crippen LogP contribution in [0.25, 0.3) is 0 Å². The molecule has 1 aliphatic heterocycles. The number of benzene rings is 2. The molecule has 0 bridgehead atoms. The van der Waals surface area contributed by atoms with Crippen LogP contribution in [0.4, 0.5) is 0 Å². The second-order valence-electron chi connectivity index (χ2n) is 5.47. The van der Waals surface area contributed by atoms with Gasteiger partial charge in [-0.15, -0.1) is 0 Å². The van der Waals surface area contributed by atoms with Crippen molar-refractivity contribution < 1.29 is 4.74 Å². The summed E-state index contributed by atoms with van der Waals surface area (Å²) in [5, 5.41) is 3.28. The van der Waals surface area contributed by atoms with E-state index in [1.165, 1.54) is 11.1 Å². The third-order valence-corrected chi connectivity index (χ3v) is 3.84. The first-order chi connectivity index (χ1) is 9.90. The maximum atomic E-state index is 5.79. The zero-order valence-corrected chi connectivity index (χ0v) is 11.7. The molecule has 0 spiro atoms. The molecule has 1 heterocycles. The molecule has 104 valence electrons. The molecule has 0 saturated carbocycles. The number of rotatable bonds is 6. The minimum absolute atomic E-state index is 0.812. The van der Waals surface area contributed by atoms with Gasteiger partial charge in [0.25, 0.3) is 0 Å². The molecule has 0 aliphatic carbocycles. The highest BCUT2D eigenvalue weighted by Gasteiger charge is 2.15. The Kier molecular flexibility index (Phi) is 4.34. The van der Waals surface area contributed by atoms with Gasteiger partial charge in [0, 0.05) is 0 Å². The quantitative estimate of drug-likeness (QED) is 0.867. The molecule has 0 unspecified atom stereocenters. The second-order valence-corrected chi connectivity index (χ2v) is 5.47. The molecule has 2 aromatic carbocycles. The van der Waals surface area contributed by atoms with Crippen molar-refractivity contribution in [2.24, 2.45) is 5.92 Å².